The number of aromatic nitrogens is 3. The highest BCUT2D eigenvalue weighted by Crippen LogP contribution is 2.31. The van der Waals surface area contributed by atoms with Gasteiger partial charge in [-0.25, -0.2) is 4.98 Å². The van der Waals surface area contributed by atoms with Gasteiger partial charge in [-0.05, 0) is 50.1 Å². The maximum atomic E-state index is 12.9. The van der Waals surface area contributed by atoms with Crippen molar-refractivity contribution < 1.29 is 14.3 Å². The Morgan fingerprint density at radius 3 is 2.68 bits per heavy atom. The van der Waals surface area contributed by atoms with Gasteiger partial charge in [0.15, 0.2) is 17.3 Å². The second-order valence-electron chi connectivity index (χ2n) is 7.70. The van der Waals surface area contributed by atoms with Gasteiger partial charge in [0.1, 0.15) is 12.4 Å². The standard InChI is InChI=1S/C24H22N4O3/c1-14-7-6-8-17-15(2)11-21(25-23(14)17)28-22(12-16(3)27-28)26-24(29)20-13-30-18-9-4-5-10-19(18)31-20/h4-12,20H,13H2,1-3H3,(H,26,29). The summed E-state index contributed by atoms with van der Waals surface area (Å²) in [5.74, 6) is 2.07. The van der Waals surface area contributed by atoms with E-state index in [-0.39, 0.29) is 12.5 Å². The van der Waals surface area contributed by atoms with Crippen molar-refractivity contribution >= 4 is 22.6 Å². The molecule has 5 rings (SSSR count). The van der Waals surface area contributed by atoms with Crippen LogP contribution in [0.3, 0.4) is 0 Å². The molecule has 1 atom stereocenters. The second kappa shape index (κ2) is 7.43. The first-order valence-corrected chi connectivity index (χ1v) is 10.1. The molecule has 0 aliphatic carbocycles. The molecule has 0 radical (unpaired) electrons. The van der Waals surface area contributed by atoms with Crippen molar-refractivity contribution in [3.8, 4) is 17.3 Å². The summed E-state index contributed by atoms with van der Waals surface area (Å²) in [6, 6.07) is 17.2. The Morgan fingerprint density at radius 1 is 1.03 bits per heavy atom. The number of amides is 1. The molecule has 156 valence electrons. The Bertz CT molecular complexity index is 1310. The topological polar surface area (TPSA) is 78.3 Å². The molecule has 1 amide bonds. The molecule has 0 bridgehead atoms. The van der Waals surface area contributed by atoms with Crippen LogP contribution >= 0.6 is 0 Å². The molecule has 0 spiro atoms. The van der Waals surface area contributed by atoms with Crippen molar-refractivity contribution in [1.29, 1.82) is 0 Å². The maximum Gasteiger partial charge on any atom is 0.270 e. The van der Waals surface area contributed by atoms with Crippen LogP contribution in [0.2, 0.25) is 0 Å². The van der Waals surface area contributed by atoms with Gasteiger partial charge in [0.2, 0.25) is 6.10 Å². The van der Waals surface area contributed by atoms with E-state index in [1.807, 2.05) is 63.2 Å². The fraction of sp³-hybridized carbons (Fsp3) is 0.208. The molecule has 4 aromatic rings. The van der Waals surface area contributed by atoms with Crippen molar-refractivity contribution in [3.05, 3.63) is 71.4 Å². The number of pyridine rings is 1. The zero-order chi connectivity index (χ0) is 21.5. The van der Waals surface area contributed by atoms with Gasteiger partial charge in [-0.3, -0.25) is 4.79 Å². The summed E-state index contributed by atoms with van der Waals surface area (Å²) in [5, 5.41) is 8.59. The van der Waals surface area contributed by atoms with Crippen LogP contribution in [0.25, 0.3) is 16.7 Å². The molecule has 7 heteroatoms. The number of fused-ring (bicyclic) bond motifs is 2. The summed E-state index contributed by atoms with van der Waals surface area (Å²) < 4.78 is 13.2. The Labute approximate surface area is 179 Å². The SMILES string of the molecule is Cc1cc(NC(=O)C2COc3ccccc3O2)n(-c2cc(C)c3cccc(C)c3n2)n1. The van der Waals surface area contributed by atoms with E-state index >= 15 is 0 Å². The van der Waals surface area contributed by atoms with E-state index in [1.165, 1.54) is 0 Å². The summed E-state index contributed by atoms with van der Waals surface area (Å²) in [5.41, 5.74) is 3.87. The highest BCUT2D eigenvalue weighted by Gasteiger charge is 2.28. The number of hydrogen-bond donors (Lipinski definition) is 1. The third kappa shape index (κ3) is 3.48. The van der Waals surface area contributed by atoms with Crippen LogP contribution < -0.4 is 14.8 Å². The van der Waals surface area contributed by atoms with Gasteiger partial charge in [-0.15, -0.1) is 0 Å². The quantitative estimate of drug-likeness (QED) is 0.546. The van der Waals surface area contributed by atoms with Gasteiger partial charge < -0.3 is 14.8 Å². The first kappa shape index (κ1) is 19.1. The van der Waals surface area contributed by atoms with Crippen molar-refractivity contribution in [3.63, 3.8) is 0 Å². The molecule has 0 saturated heterocycles. The zero-order valence-electron chi connectivity index (χ0n) is 17.5. The lowest BCUT2D eigenvalue weighted by Crippen LogP contribution is -2.40. The van der Waals surface area contributed by atoms with Crippen LogP contribution in [0.4, 0.5) is 5.82 Å². The van der Waals surface area contributed by atoms with Gasteiger partial charge in [0.25, 0.3) is 5.91 Å². The largest absolute Gasteiger partial charge is 0.485 e. The summed E-state index contributed by atoms with van der Waals surface area (Å²) >= 11 is 0. The molecule has 1 aliphatic heterocycles. The fourth-order valence-electron chi connectivity index (χ4n) is 3.77. The van der Waals surface area contributed by atoms with E-state index in [9.17, 15) is 4.79 Å². The van der Waals surface area contributed by atoms with Gasteiger partial charge >= 0.3 is 0 Å². The van der Waals surface area contributed by atoms with Crippen molar-refractivity contribution in [2.75, 3.05) is 11.9 Å². The van der Waals surface area contributed by atoms with E-state index in [4.69, 9.17) is 14.5 Å². The number of benzene rings is 2. The number of rotatable bonds is 3. The van der Waals surface area contributed by atoms with Crippen LogP contribution in [-0.4, -0.2) is 33.4 Å². The Kier molecular flexibility index (Phi) is 4.58. The molecule has 1 N–H and O–H groups in total. The minimum Gasteiger partial charge on any atom is -0.485 e. The molecular weight excluding hydrogens is 392 g/mol. The molecule has 31 heavy (non-hydrogen) atoms. The van der Waals surface area contributed by atoms with Crippen molar-refractivity contribution in [2.45, 2.75) is 26.9 Å². The highest BCUT2D eigenvalue weighted by atomic mass is 16.6. The van der Waals surface area contributed by atoms with Gasteiger partial charge in [0, 0.05) is 11.5 Å². The summed E-state index contributed by atoms with van der Waals surface area (Å²) in [4.78, 5) is 17.7. The number of nitrogens with one attached hydrogen (secondary N) is 1. The minimum absolute atomic E-state index is 0.141. The second-order valence-corrected chi connectivity index (χ2v) is 7.70. The van der Waals surface area contributed by atoms with Crippen LogP contribution in [0.15, 0.2) is 54.6 Å². The van der Waals surface area contributed by atoms with E-state index in [1.54, 1.807) is 10.7 Å². The first-order valence-electron chi connectivity index (χ1n) is 10.1. The molecule has 2 aromatic heterocycles. The number of anilines is 1. The monoisotopic (exact) mass is 414 g/mol. The maximum absolute atomic E-state index is 12.9. The number of carbonyl (C=O) groups is 1. The van der Waals surface area contributed by atoms with E-state index in [2.05, 4.69) is 16.5 Å². The Balaban J connectivity index is 1.46. The lowest BCUT2D eigenvalue weighted by molar-refractivity contribution is -0.125. The Hall–Kier alpha value is -3.87. The van der Waals surface area contributed by atoms with Crippen LogP contribution in [0, 0.1) is 20.8 Å². The van der Waals surface area contributed by atoms with E-state index in [0.717, 1.165) is 27.7 Å². The normalized spacial score (nSPS) is 15.1. The van der Waals surface area contributed by atoms with Gasteiger partial charge in [-0.2, -0.15) is 9.78 Å². The zero-order valence-corrected chi connectivity index (χ0v) is 17.5. The predicted octanol–water partition coefficient (Wildman–Crippen LogP) is 4.12. The third-order valence-electron chi connectivity index (χ3n) is 5.34. The van der Waals surface area contributed by atoms with Crippen LogP contribution in [0.5, 0.6) is 11.5 Å². The number of aryl methyl sites for hydroxylation is 3. The lowest BCUT2D eigenvalue weighted by Gasteiger charge is -2.25. The fourth-order valence-corrected chi connectivity index (χ4v) is 3.77. The number of ether oxygens (including phenoxy) is 2. The third-order valence-corrected chi connectivity index (χ3v) is 5.34. The smallest absolute Gasteiger partial charge is 0.270 e. The summed E-state index contributed by atoms with van der Waals surface area (Å²) in [6.07, 6.45) is -0.757. The highest BCUT2D eigenvalue weighted by molar-refractivity contribution is 5.94. The lowest BCUT2D eigenvalue weighted by atomic mass is 10.1. The van der Waals surface area contributed by atoms with Crippen molar-refractivity contribution in [2.24, 2.45) is 0 Å². The number of carbonyl (C=O) groups excluding carboxylic acids is 1. The first-order chi connectivity index (χ1) is 15.0. The minimum atomic E-state index is -0.757. The Morgan fingerprint density at radius 2 is 1.84 bits per heavy atom. The number of nitrogens with zero attached hydrogens (tertiary/aromatic N) is 3. The molecule has 0 saturated carbocycles. The summed E-state index contributed by atoms with van der Waals surface area (Å²) in [6.45, 7) is 6.10. The average molecular weight is 414 g/mol. The molecule has 7 nitrogen and oxygen atoms in total. The predicted molar refractivity (Wildman–Crippen MR) is 118 cm³/mol. The van der Waals surface area contributed by atoms with E-state index < -0.39 is 6.10 Å². The van der Waals surface area contributed by atoms with Gasteiger partial charge in [0.05, 0.1) is 11.2 Å². The average Bonchev–Trinajstić information content (AvgIpc) is 3.14. The van der Waals surface area contributed by atoms with E-state index in [0.29, 0.717) is 23.1 Å². The molecule has 1 aliphatic rings. The van der Waals surface area contributed by atoms with Gasteiger partial charge in [-0.1, -0.05) is 30.3 Å². The molecule has 3 heterocycles. The molecule has 0 fully saturated rings. The molecule has 2 aromatic carbocycles. The van der Waals surface area contributed by atoms with Crippen molar-refractivity contribution in [1.82, 2.24) is 14.8 Å². The molecular formula is C24H22N4O3. The van der Waals surface area contributed by atoms with Crippen LogP contribution in [-0.2, 0) is 4.79 Å². The van der Waals surface area contributed by atoms with Crippen LogP contribution in [0.1, 0.15) is 16.8 Å². The summed E-state index contributed by atoms with van der Waals surface area (Å²) in [7, 11) is 0. The molecule has 1 unspecified atom stereocenters. The number of para-hydroxylation sites is 3. The number of hydrogen-bond acceptors (Lipinski definition) is 5.